The van der Waals surface area contributed by atoms with E-state index in [1.807, 2.05) is 49.4 Å². The SMILES string of the molecule is COc1cccc(C(C)=Nc2ccc(OC)cc2OC)c1. The largest absolute Gasteiger partial charge is 0.497 e. The molecule has 0 fully saturated rings. The quantitative estimate of drug-likeness (QED) is 0.783. The minimum Gasteiger partial charge on any atom is -0.497 e. The minimum absolute atomic E-state index is 0.677. The Morgan fingerprint density at radius 1 is 0.857 bits per heavy atom. The molecule has 2 aromatic carbocycles. The summed E-state index contributed by atoms with van der Waals surface area (Å²) in [4.78, 5) is 4.63. The van der Waals surface area contributed by atoms with Crippen LogP contribution >= 0.6 is 0 Å². The topological polar surface area (TPSA) is 40.0 Å². The monoisotopic (exact) mass is 285 g/mol. The third-order valence-corrected chi connectivity index (χ3v) is 3.16. The van der Waals surface area contributed by atoms with Gasteiger partial charge in [0, 0.05) is 11.8 Å². The van der Waals surface area contributed by atoms with Crippen LogP contribution in [0.1, 0.15) is 12.5 Å². The molecule has 0 heterocycles. The standard InChI is InChI=1S/C17H19NO3/c1-12(13-6-5-7-14(10-13)19-2)18-16-9-8-15(20-3)11-17(16)21-4/h5-11H,1-4H3. The van der Waals surface area contributed by atoms with Gasteiger partial charge < -0.3 is 14.2 Å². The average molecular weight is 285 g/mol. The number of benzene rings is 2. The van der Waals surface area contributed by atoms with E-state index in [0.717, 1.165) is 28.5 Å². The lowest BCUT2D eigenvalue weighted by Gasteiger charge is -2.09. The van der Waals surface area contributed by atoms with E-state index >= 15 is 0 Å². The molecule has 0 amide bonds. The Hall–Kier alpha value is -2.49. The van der Waals surface area contributed by atoms with E-state index in [9.17, 15) is 0 Å². The van der Waals surface area contributed by atoms with Crippen LogP contribution in [0.15, 0.2) is 47.5 Å². The molecule has 0 saturated carbocycles. The summed E-state index contributed by atoms with van der Waals surface area (Å²) in [5, 5.41) is 0. The highest BCUT2D eigenvalue weighted by atomic mass is 16.5. The first kappa shape index (κ1) is 14.9. The van der Waals surface area contributed by atoms with Gasteiger partial charge >= 0.3 is 0 Å². The smallest absolute Gasteiger partial charge is 0.148 e. The second kappa shape index (κ2) is 6.79. The lowest BCUT2D eigenvalue weighted by Crippen LogP contribution is -1.95. The lowest BCUT2D eigenvalue weighted by atomic mass is 10.1. The second-order valence-electron chi connectivity index (χ2n) is 4.47. The van der Waals surface area contributed by atoms with E-state index in [-0.39, 0.29) is 0 Å². The van der Waals surface area contributed by atoms with Gasteiger partial charge in [0.1, 0.15) is 22.9 Å². The zero-order chi connectivity index (χ0) is 15.2. The molecule has 0 spiro atoms. The van der Waals surface area contributed by atoms with Gasteiger partial charge in [-0.3, -0.25) is 0 Å². The average Bonchev–Trinajstić information content (AvgIpc) is 2.55. The van der Waals surface area contributed by atoms with Crippen molar-refractivity contribution in [2.24, 2.45) is 4.99 Å². The van der Waals surface area contributed by atoms with E-state index < -0.39 is 0 Å². The van der Waals surface area contributed by atoms with Crippen molar-refractivity contribution in [3.05, 3.63) is 48.0 Å². The van der Waals surface area contributed by atoms with Crippen LogP contribution in [0.2, 0.25) is 0 Å². The molecular formula is C17H19NO3. The van der Waals surface area contributed by atoms with Crippen molar-refractivity contribution in [3.63, 3.8) is 0 Å². The van der Waals surface area contributed by atoms with Crippen molar-refractivity contribution < 1.29 is 14.2 Å². The van der Waals surface area contributed by atoms with Crippen LogP contribution in [0.25, 0.3) is 0 Å². The highest BCUT2D eigenvalue weighted by Gasteiger charge is 2.06. The summed E-state index contributed by atoms with van der Waals surface area (Å²) in [6.45, 7) is 1.96. The van der Waals surface area contributed by atoms with Crippen LogP contribution in [0.5, 0.6) is 17.2 Å². The van der Waals surface area contributed by atoms with Gasteiger partial charge in [0.25, 0.3) is 0 Å². The van der Waals surface area contributed by atoms with Gasteiger partial charge in [-0.25, -0.2) is 4.99 Å². The Bertz CT molecular complexity index is 650. The second-order valence-corrected chi connectivity index (χ2v) is 4.47. The Balaban J connectivity index is 2.37. The van der Waals surface area contributed by atoms with Crippen molar-refractivity contribution >= 4 is 11.4 Å². The van der Waals surface area contributed by atoms with Crippen LogP contribution < -0.4 is 14.2 Å². The third kappa shape index (κ3) is 3.54. The van der Waals surface area contributed by atoms with E-state index in [2.05, 4.69) is 4.99 Å². The zero-order valence-electron chi connectivity index (χ0n) is 12.7. The van der Waals surface area contributed by atoms with Crippen molar-refractivity contribution in [3.8, 4) is 17.2 Å². The summed E-state index contributed by atoms with van der Waals surface area (Å²) in [6.07, 6.45) is 0. The molecule has 0 N–H and O–H groups in total. The van der Waals surface area contributed by atoms with Crippen LogP contribution in [-0.4, -0.2) is 27.0 Å². The minimum atomic E-state index is 0.677. The Morgan fingerprint density at radius 3 is 2.24 bits per heavy atom. The summed E-state index contributed by atoms with van der Waals surface area (Å²) < 4.78 is 15.8. The number of ether oxygens (including phenoxy) is 3. The molecule has 0 saturated heterocycles. The molecule has 0 bridgehead atoms. The summed E-state index contributed by atoms with van der Waals surface area (Å²) in [5.41, 5.74) is 2.66. The van der Waals surface area contributed by atoms with Gasteiger partial charge in [0.05, 0.1) is 21.3 Å². The van der Waals surface area contributed by atoms with E-state index in [1.165, 1.54) is 0 Å². The fourth-order valence-electron chi connectivity index (χ4n) is 1.97. The number of nitrogens with zero attached hydrogens (tertiary/aromatic N) is 1. The molecule has 0 aliphatic heterocycles. The van der Waals surface area contributed by atoms with Gasteiger partial charge in [0.2, 0.25) is 0 Å². The maximum atomic E-state index is 5.36. The molecule has 110 valence electrons. The Kier molecular flexibility index (Phi) is 4.82. The molecule has 0 aromatic heterocycles. The lowest BCUT2D eigenvalue weighted by molar-refractivity contribution is 0.395. The van der Waals surface area contributed by atoms with Crippen LogP contribution in [-0.2, 0) is 0 Å². The zero-order valence-corrected chi connectivity index (χ0v) is 12.7. The first-order valence-corrected chi connectivity index (χ1v) is 6.59. The van der Waals surface area contributed by atoms with E-state index in [4.69, 9.17) is 14.2 Å². The molecule has 4 nitrogen and oxygen atoms in total. The molecule has 0 radical (unpaired) electrons. The molecule has 0 atom stereocenters. The molecular weight excluding hydrogens is 266 g/mol. The van der Waals surface area contributed by atoms with Crippen molar-refractivity contribution in [1.29, 1.82) is 0 Å². The summed E-state index contributed by atoms with van der Waals surface area (Å²) >= 11 is 0. The van der Waals surface area contributed by atoms with Gasteiger partial charge in [-0.1, -0.05) is 12.1 Å². The fraction of sp³-hybridized carbons (Fsp3) is 0.235. The predicted molar refractivity (Wildman–Crippen MR) is 84.4 cm³/mol. The molecule has 2 aromatic rings. The van der Waals surface area contributed by atoms with Crippen LogP contribution in [0.3, 0.4) is 0 Å². The van der Waals surface area contributed by atoms with E-state index in [1.54, 1.807) is 21.3 Å². The van der Waals surface area contributed by atoms with Gasteiger partial charge in [-0.2, -0.15) is 0 Å². The highest BCUT2D eigenvalue weighted by molar-refractivity contribution is 6.00. The van der Waals surface area contributed by atoms with Crippen molar-refractivity contribution in [1.82, 2.24) is 0 Å². The third-order valence-electron chi connectivity index (χ3n) is 3.16. The maximum Gasteiger partial charge on any atom is 0.148 e. The first-order valence-electron chi connectivity index (χ1n) is 6.59. The number of methoxy groups -OCH3 is 3. The van der Waals surface area contributed by atoms with Crippen molar-refractivity contribution in [2.75, 3.05) is 21.3 Å². The van der Waals surface area contributed by atoms with Gasteiger partial charge in [-0.05, 0) is 36.8 Å². The fourth-order valence-corrected chi connectivity index (χ4v) is 1.97. The van der Waals surface area contributed by atoms with Crippen molar-refractivity contribution in [2.45, 2.75) is 6.92 Å². The predicted octanol–water partition coefficient (Wildman–Crippen LogP) is 3.85. The summed E-state index contributed by atoms with van der Waals surface area (Å²) in [6, 6.07) is 13.4. The molecule has 2 rings (SSSR count). The van der Waals surface area contributed by atoms with E-state index in [0.29, 0.717) is 5.75 Å². The molecule has 0 unspecified atom stereocenters. The Morgan fingerprint density at radius 2 is 1.57 bits per heavy atom. The number of hydrogen-bond donors (Lipinski definition) is 0. The van der Waals surface area contributed by atoms with Gasteiger partial charge in [-0.15, -0.1) is 0 Å². The molecule has 4 heteroatoms. The molecule has 0 aliphatic carbocycles. The number of rotatable bonds is 5. The van der Waals surface area contributed by atoms with Gasteiger partial charge in [0.15, 0.2) is 0 Å². The molecule has 0 aliphatic rings. The number of aliphatic imine (C=N–C) groups is 1. The maximum absolute atomic E-state index is 5.36. The first-order chi connectivity index (χ1) is 10.2. The summed E-state index contributed by atoms with van der Waals surface area (Å²) in [7, 11) is 4.89. The highest BCUT2D eigenvalue weighted by Crippen LogP contribution is 2.32. The normalized spacial score (nSPS) is 11.1. The summed E-state index contributed by atoms with van der Waals surface area (Å²) in [5.74, 6) is 2.23. The Labute approximate surface area is 125 Å². The van der Waals surface area contributed by atoms with Crippen LogP contribution in [0, 0.1) is 0 Å². The molecule has 21 heavy (non-hydrogen) atoms. The van der Waals surface area contributed by atoms with Crippen LogP contribution in [0.4, 0.5) is 5.69 Å². The number of hydrogen-bond acceptors (Lipinski definition) is 4.